The molecule has 4 rings (SSSR count). The van der Waals surface area contributed by atoms with Crippen LogP contribution in [-0.2, 0) is 4.79 Å². The van der Waals surface area contributed by atoms with Gasteiger partial charge >= 0.3 is 0 Å². The third-order valence-corrected chi connectivity index (χ3v) is 4.75. The van der Waals surface area contributed by atoms with E-state index in [4.69, 9.17) is 0 Å². The maximum Gasteiger partial charge on any atom is 0.255 e. The van der Waals surface area contributed by atoms with Crippen LogP contribution in [0.25, 0.3) is 0 Å². The number of amides is 2. The van der Waals surface area contributed by atoms with Crippen molar-refractivity contribution in [3.8, 4) is 0 Å². The molecule has 0 radical (unpaired) electrons. The van der Waals surface area contributed by atoms with Crippen molar-refractivity contribution >= 4 is 23.8 Å². The monoisotopic (exact) mass is 396 g/mol. The van der Waals surface area contributed by atoms with Crippen LogP contribution in [0.4, 0.5) is 14.6 Å². The molecule has 2 N–H and O–H groups in total. The fraction of sp³-hybridized carbons (Fsp3) is 0.238. The van der Waals surface area contributed by atoms with E-state index >= 15 is 0 Å². The number of benzene rings is 1. The van der Waals surface area contributed by atoms with E-state index in [1.807, 2.05) is 0 Å². The number of hydrogen-bond acceptors (Lipinski definition) is 4. The Bertz CT molecular complexity index is 1030. The van der Waals surface area contributed by atoms with Gasteiger partial charge in [0.05, 0.1) is 5.70 Å². The fourth-order valence-corrected chi connectivity index (χ4v) is 3.06. The molecule has 148 valence electrons. The first-order valence-electron chi connectivity index (χ1n) is 9.24. The molecule has 2 aliphatic rings. The highest BCUT2D eigenvalue weighted by Crippen LogP contribution is 2.30. The molecule has 1 fully saturated rings. The highest BCUT2D eigenvalue weighted by atomic mass is 19.1. The summed E-state index contributed by atoms with van der Waals surface area (Å²) in [4.78, 5) is 32.6. The van der Waals surface area contributed by atoms with Crippen molar-refractivity contribution in [2.75, 3.05) is 11.9 Å². The smallest absolute Gasteiger partial charge is 0.255 e. The summed E-state index contributed by atoms with van der Waals surface area (Å²) in [6.45, 7) is 0.256. The van der Waals surface area contributed by atoms with Crippen LogP contribution in [0.5, 0.6) is 0 Å². The van der Waals surface area contributed by atoms with Crippen LogP contribution in [-0.4, -0.2) is 29.6 Å². The van der Waals surface area contributed by atoms with E-state index in [2.05, 4.69) is 20.6 Å². The Morgan fingerprint density at radius 1 is 1.07 bits per heavy atom. The van der Waals surface area contributed by atoms with Crippen LogP contribution in [0.3, 0.4) is 0 Å². The Labute approximate surface area is 165 Å². The van der Waals surface area contributed by atoms with Crippen LogP contribution >= 0.6 is 0 Å². The molecule has 1 unspecified atom stereocenters. The van der Waals surface area contributed by atoms with Crippen molar-refractivity contribution in [1.29, 1.82) is 0 Å². The second-order valence-electron chi connectivity index (χ2n) is 7.04. The van der Waals surface area contributed by atoms with Gasteiger partial charge in [0, 0.05) is 36.4 Å². The summed E-state index contributed by atoms with van der Waals surface area (Å²) in [6, 6.07) is 6.27. The number of hydrogen-bond donors (Lipinski definition) is 2. The molecule has 1 aliphatic heterocycles. The number of nitrogens with one attached hydrogen (secondary N) is 2. The van der Waals surface area contributed by atoms with E-state index < -0.39 is 23.5 Å². The van der Waals surface area contributed by atoms with Crippen molar-refractivity contribution < 1.29 is 18.4 Å². The van der Waals surface area contributed by atoms with Crippen molar-refractivity contribution in [2.45, 2.75) is 18.8 Å². The Balaban J connectivity index is 1.47. The van der Waals surface area contributed by atoms with E-state index in [-0.39, 0.29) is 23.9 Å². The Morgan fingerprint density at radius 2 is 1.90 bits per heavy atom. The predicted molar refractivity (Wildman–Crippen MR) is 104 cm³/mol. The minimum atomic E-state index is -0.535. The molecule has 2 aromatic rings. The van der Waals surface area contributed by atoms with Gasteiger partial charge in [0.25, 0.3) is 5.91 Å². The lowest BCUT2D eigenvalue weighted by atomic mass is 9.96. The zero-order valence-electron chi connectivity index (χ0n) is 15.4. The first kappa shape index (κ1) is 18.9. The van der Waals surface area contributed by atoms with Crippen LogP contribution < -0.4 is 10.6 Å². The maximum atomic E-state index is 14.0. The van der Waals surface area contributed by atoms with E-state index in [9.17, 15) is 18.4 Å². The standard InChI is InChI=1S/C21H18F2N4O2/c22-15-3-4-18(23)17(9-15)14-7-16(11-24-10-14)26-21(29)13-5-6-25-19(8-13)27-20(28)12-1-2-12/h3-9,11-12,14H,1-2,10H2,(H,26,29)(H,25,27,28). The van der Waals surface area contributed by atoms with Crippen LogP contribution in [0.15, 0.2) is 53.3 Å². The van der Waals surface area contributed by atoms with E-state index in [0.717, 1.165) is 31.0 Å². The molecule has 1 saturated carbocycles. The van der Waals surface area contributed by atoms with Crippen molar-refractivity contribution in [2.24, 2.45) is 10.9 Å². The Morgan fingerprint density at radius 3 is 2.69 bits per heavy atom. The molecule has 1 aromatic heterocycles. The number of anilines is 1. The van der Waals surface area contributed by atoms with Gasteiger partial charge in [0.15, 0.2) is 0 Å². The molecular formula is C21H18F2N4O2. The van der Waals surface area contributed by atoms with Gasteiger partial charge in [-0.25, -0.2) is 13.8 Å². The van der Waals surface area contributed by atoms with Gasteiger partial charge in [0.1, 0.15) is 17.5 Å². The largest absolute Gasteiger partial charge is 0.321 e. The highest BCUT2D eigenvalue weighted by molar-refractivity contribution is 6.00. The van der Waals surface area contributed by atoms with Crippen molar-refractivity contribution in [1.82, 2.24) is 10.3 Å². The lowest BCUT2D eigenvalue weighted by molar-refractivity contribution is -0.117. The first-order chi connectivity index (χ1) is 14.0. The van der Waals surface area contributed by atoms with Gasteiger partial charge in [0.2, 0.25) is 5.91 Å². The topological polar surface area (TPSA) is 83.4 Å². The molecule has 1 aliphatic carbocycles. The number of halogens is 2. The quantitative estimate of drug-likeness (QED) is 0.814. The van der Waals surface area contributed by atoms with E-state index in [1.54, 1.807) is 6.08 Å². The zero-order chi connectivity index (χ0) is 20.4. The van der Waals surface area contributed by atoms with Crippen LogP contribution in [0, 0.1) is 17.6 Å². The second kappa shape index (κ2) is 7.90. The molecule has 1 aromatic carbocycles. The van der Waals surface area contributed by atoms with Gasteiger partial charge in [-0.3, -0.25) is 14.6 Å². The lowest BCUT2D eigenvalue weighted by Crippen LogP contribution is -2.26. The fourth-order valence-electron chi connectivity index (χ4n) is 3.06. The molecule has 2 heterocycles. The number of rotatable bonds is 5. The molecule has 0 saturated heterocycles. The molecule has 1 atom stereocenters. The summed E-state index contributed by atoms with van der Waals surface area (Å²) in [6.07, 6.45) is 6.28. The molecule has 2 amide bonds. The van der Waals surface area contributed by atoms with E-state index in [1.165, 1.54) is 24.5 Å². The van der Waals surface area contributed by atoms with Gasteiger partial charge < -0.3 is 10.6 Å². The minimum absolute atomic E-state index is 0.0260. The third-order valence-electron chi connectivity index (χ3n) is 4.75. The van der Waals surface area contributed by atoms with Gasteiger partial charge in [-0.1, -0.05) is 0 Å². The number of carbonyl (C=O) groups is 2. The second-order valence-corrected chi connectivity index (χ2v) is 7.04. The molecule has 6 nitrogen and oxygen atoms in total. The number of carbonyl (C=O) groups excluding carboxylic acids is 2. The van der Waals surface area contributed by atoms with Crippen LogP contribution in [0.2, 0.25) is 0 Å². The number of aliphatic imine (C=N–C) groups is 1. The summed E-state index contributed by atoms with van der Waals surface area (Å²) >= 11 is 0. The molecule has 29 heavy (non-hydrogen) atoms. The van der Waals surface area contributed by atoms with Gasteiger partial charge in [-0.2, -0.15) is 0 Å². The molecule has 0 bridgehead atoms. The lowest BCUT2D eigenvalue weighted by Gasteiger charge is -2.18. The third kappa shape index (κ3) is 4.53. The van der Waals surface area contributed by atoms with Gasteiger partial charge in [-0.15, -0.1) is 0 Å². The summed E-state index contributed by atoms with van der Waals surface area (Å²) in [5, 5.41) is 5.40. The SMILES string of the molecule is O=C(NC1=CC(c2cc(F)ccc2F)CN=C1)c1ccnc(NC(=O)C2CC2)c1. The summed E-state index contributed by atoms with van der Waals surface area (Å²) < 4.78 is 27.5. The van der Waals surface area contributed by atoms with Gasteiger partial charge in [-0.05, 0) is 54.8 Å². The predicted octanol–water partition coefficient (Wildman–Crippen LogP) is 3.19. The summed E-state index contributed by atoms with van der Waals surface area (Å²) in [5.41, 5.74) is 0.873. The summed E-state index contributed by atoms with van der Waals surface area (Å²) in [7, 11) is 0. The normalized spacial score (nSPS) is 18.1. The van der Waals surface area contributed by atoms with Crippen molar-refractivity contribution in [3.05, 3.63) is 71.1 Å². The number of pyridine rings is 1. The van der Waals surface area contributed by atoms with E-state index in [0.29, 0.717) is 17.1 Å². The average Bonchev–Trinajstić information content (AvgIpc) is 3.56. The molecule has 0 spiro atoms. The summed E-state index contributed by atoms with van der Waals surface area (Å²) in [5.74, 6) is -1.74. The Hall–Kier alpha value is -3.42. The number of aromatic nitrogens is 1. The molecule has 8 heteroatoms. The van der Waals surface area contributed by atoms with Crippen molar-refractivity contribution in [3.63, 3.8) is 0 Å². The number of allylic oxidation sites excluding steroid dienone is 1. The first-order valence-corrected chi connectivity index (χ1v) is 9.24. The van der Waals surface area contributed by atoms with Crippen LogP contribution in [0.1, 0.15) is 34.7 Å². The zero-order valence-corrected chi connectivity index (χ0v) is 15.4. The molecular weight excluding hydrogens is 378 g/mol. The minimum Gasteiger partial charge on any atom is -0.321 e. The maximum absolute atomic E-state index is 14.0. The highest BCUT2D eigenvalue weighted by Gasteiger charge is 2.29. The average molecular weight is 396 g/mol. The number of nitrogens with zero attached hydrogens (tertiary/aromatic N) is 2. The number of dihydropyridines is 1. The Kier molecular flexibility index (Phi) is 5.16.